The van der Waals surface area contributed by atoms with E-state index in [0.717, 1.165) is 5.56 Å². The molecule has 8 nitrogen and oxygen atoms in total. The lowest BCUT2D eigenvalue weighted by Crippen LogP contribution is -2.24. The Hall–Kier alpha value is -4.76. The van der Waals surface area contributed by atoms with Gasteiger partial charge in [0.1, 0.15) is 0 Å². The average molecular weight is 521 g/mol. The van der Waals surface area contributed by atoms with Crippen molar-refractivity contribution in [3.05, 3.63) is 119 Å². The van der Waals surface area contributed by atoms with Gasteiger partial charge in [0.25, 0.3) is 0 Å². The molecule has 1 N–H and O–H groups in total. The minimum atomic E-state index is -0.337. The maximum absolute atomic E-state index is 13.2. The molecule has 0 spiro atoms. The van der Waals surface area contributed by atoms with Crippen molar-refractivity contribution in [3.63, 3.8) is 0 Å². The third-order valence-corrected chi connectivity index (χ3v) is 7.17. The Labute approximate surface area is 221 Å². The van der Waals surface area contributed by atoms with Crippen LogP contribution in [0.2, 0.25) is 0 Å². The molecular weight excluding hydrogens is 500 g/mol. The molecular formula is C29H20N4O4S. The van der Waals surface area contributed by atoms with Crippen LogP contribution >= 0.6 is 11.8 Å². The second-order valence-electron chi connectivity index (χ2n) is 8.62. The Bertz CT molecular complexity index is 1680. The molecule has 0 atom stereocenters. The summed E-state index contributed by atoms with van der Waals surface area (Å²) in [6.07, 6.45) is 1.57. The molecule has 2 heterocycles. The Morgan fingerprint density at radius 3 is 2.32 bits per heavy atom. The molecule has 1 amide bonds. The first kappa shape index (κ1) is 23.6. The highest BCUT2D eigenvalue weighted by molar-refractivity contribution is 7.99. The Balaban J connectivity index is 1.23. The maximum atomic E-state index is 13.2. The summed E-state index contributed by atoms with van der Waals surface area (Å²) in [5.74, 6) is 0.291. The molecule has 2 aromatic heterocycles. The molecule has 186 valence electrons. The zero-order valence-electron chi connectivity index (χ0n) is 20.0. The second-order valence-corrected chi connectivity index (χ2v) is 9.57. The highest BCUT2D eigenvalue weighted by Gasteiger charge is 2.31. The fourth-order valence-electron chi connectivity index (χ4n) is 4.46. The third-order valence-electron chi connectivity index (χ3n) is 6.20. The molecule has 38 heavy (non-hydrogen) atoms. The van der Waals surface area contributed by atoms with Crippen LogP contribution in [0, 0.1) is 0 Å². The molecule has 1 aliphatic rings. The number of nitrogens with one attached hydrogen (secondary N) is 1. The number of nitrogens with zero attached hydrogens (tertiary/aromatic N) is 3. The van der Waals surface area contributed by atoms with Gasteiger partial charge in [0.2, 0.25) is 11.7 Å². The molecule has 0 saturated carbocycles. The van der Waals surface area contributed by atoms with Crippen LogP contribution in [0.4, 0.5) is 5.69 Å². The molecule has 0 aliphatic heterocycles. The number of rotatable bonds is 7. The number of amides is 1. The van der Waals surface area contributed by atoms with Crippen molar-refractivity contribution in [3.8, 4) is 11.6 Å². The van der Waals surface area contributed by atoms with E-state index in [9.17, 15) is 14.4 Å². The van der Waals surface area contributed by atoms with E-state index in [1.165, 1.54) is 11.8 Å². The number of hydrogen-bond donors (Lipinski definition) is 1. The smallest absolute Gasteiger partial charge is 0.234 e. The molecule has 0 unspecified atom stereocenters. The van der Waals surface area contributed by atoms with E-state index in [-0.39, 0.29) is 34.4 Å². The number of benzene rings is 3. The number of aromatic nitrogens is 3. The van der Waals surface area contributed by atoms with Crippen LogP contribution in [0.3, 0.4) is 0 Å². The summed E-state index contributed by atoms with van der Waals surface area (Å²) in [5, 5.41) is 12.0. The van der Waals surface area contributed by atoms with Gasteiger partial charge in [-0.1, -0.05) is 78.5 Å². The van der Waals surface area contributed by atoms with E-state index in [1.54, 1.807) is 54.8 Å². The van der Waals surface area contributed by atoms with Crippen molar-refractivity contribution < 1.29 is 18.8 Å². The molecule has 1 aliphatic carbocycles. The van der Waals surface area contributed by atoms with Gasteiger partial charge in [-0.15, -0.1) is 10.2 Å². The maximum Gasteiger partial charge on any atom is 0.234 e. The average Bonchev–Trinajstić information content (AvgIpc) is 3.61. The van der Waals surface area contributed by atoms with Crippen molar-refractivity contribution in [2.24, 2.45) is 0 Å². The predicted octanol–water partition coefficient (Wildman–Crippen LogP) is 5.09. The van der Waals surface area contributed by atoms with E-state index >= 15 is 0 Å². The van der Waals surface area contributed by atoms with Crippen LogP contribution in [-0.2, 0) is 11.3 Å². The Kier molecular flexibility index (Phi) is 6.19. The van der Waals surface area contributed by atoms with Crippen LogP contribution in [0.25, 0.3) is 11.6 Å². The van der Waals surface area contributed by atoms with Crippen molar-refractivity contribution in [1.82, 2.24) is 14.8 Å². The minimum Gasteiger partial charge on any atom is -0.461 e. The molecule has 3 aromatic carbocycles. The van der Waals surface area contributed by atoms with Gasteiger partial charge < -0.3 is 9.73 Å². The predicted molar refractivity (Wildman–Crippen MR) is 142 cm³/mol. The Morgan fingerprint density at radius 2 is 1.55 bits per heavy atom. The summed E-state index contributed by atoms with van der Waals surface area (Å²) >= 11 is 1.22. The van der Waals surface area contributed by atoms with Gasteiger partial charge >= 0.3 is 0 Å². The number of anilines is 1. The summed E-state index contributed by atoms with van der Waals surface area (Å²) in [6.45, 7) is 0.496. The van der Waals surface area contributed by atoms with Gasteiger partial charge in [0, 0.05) is 16.7 Å². The SMILES string of the molecule is O=C(CSc1nnc(-c2ccco2)n1Cc1ccccc1)Nc1cccc2c1C(=O)c1ccccc1C2=O. The number of fused-ring (bicyclic) bond motifs is 2. The monoisotopic (exact) mass is 520 g/mol. The van der Waals surface area contributed by atoms with Crippen molar-refractivity contribution in [2.45, 2.75) is 11.7 Å². The fourth-order valence-corrected chi connectivity index (χ4v) is 5.20. The van der Waals surface area contributed by atoms with Crippen molar-refractivity contribution in [1.29, 1.82) is 0 Å². The highest BCUT2D eigenvalue weighted by Crippen LogP contribution is 2.32. The normalized spacial score (nSPS) is 12.2. The van der Waals surface area contributed by atoms with Gasteiger partial charge in [0.15, 0.2) is 22.5 Å². The summed E-state index contributed by atoms with van der Waals surface area (Å²) in [7, 11) is 0. The lowest BCUT2D eigenvalue weighted by Gasteiger charge is -2.20. The van der Waals surface area contributed by atoms with E-state index in [1.807, 2.05) is 41.0 Å². The lowest BCUT2D eigenvalue weighted by atomic mass is 9.83. The Morgan fingerprint density at radius 1 is 0.816 bits per heavy atom. The van der Waals surface area contributed by atoms with Gasteiger partial charge in [-0.3, -0.25) is 19.0 Å². The van der Waals surface area contributed by atoms with Crippen molar-refractivity contribution in [2.75, 3.05) is 11.1 Å². The molecule has 0 fully saturated rings. The van der Waals surface area contributed by atoms with E-state index in [4.69, 9.17) is 4.42 Å². The van der Waals surface area contributed by atoms with E-state index < -0.39 is 0 Å². The fraction of sp³-hybridized carbons (Fsp3) is 0.0690. The van der Waals surface area contributed by atoms with Gasteiger partial charge in [-0.2, -0.15) is 0 Å². The first-order chi connectivity index (χ1) is 18.6. The first-order valence-electron chi connectivity index (χ1n) is 11.9. The zero-order chi connectivity index (χ0) is 26.1. The molecule has 9 heteroatoms. The van der Waals surface area contributed by atoms with Crippen LogP contribution in [-0.4, -0.2) is 38.0 Å². The molecule has 0 bridgehead atoms. The number of thioether (sulfide) groups is 1. The van der Waals surface area contributed by atoms with E-state index in [0.29, 0.717) is 40.1 Å². The minimum absolute atomic E-state index is 0.0213. The summed E-state index contributed by atoms with van der Waals surface area (Å²) in [5.41, 5.74) is 2.55. The van der Waals surface area contributed by atoms with Gasteiger partial charge in [0.05, 0.1) is 29.8 Å². The summed E-state index contributed by atoms with van der Waals surface area (Å²) < 4.78 is 7.44. The number of carbonyl (C=O) groups excluding carboxylic acids is 3. The quantitative estimate of drug-likeness (QED) is 0.292. The lowest BCUT2D eigenvalue weighted by molar-refractivity contribution is -0.113. The first-order valence-corrected chi connectivity index (χ1v) is 12.8. The number of carbonyl (C=O) groups is 3. The van der Waals surface area contributed by atoms with Gasteiger partial charge in [-0.25, -0.2) is 0 Å². The standard InChI is InChI=1S/C29H20N4O4S/c34-24(30-22-13-6-12-21-25(22)27(36)20-11-5-4-10-19(20)26(21)35)17-38-29-32-31-28(23-14-7-15-37-23)33(29)16-18-8-2-1-3-9-18/h1-15H,16-17H2,(H,30,34). The van der Waals surface area contributed by atoms with Crippen molar-refractivity contribution >= 4 is 34.9 Å². The molecule has 0 radical (unpaired) electrons. The molecule has 0 saturated heterocycles. The number of ketones is 2. The van der Waals surface area contributed by atoms with Crippen LogP contribution in [0.5, 0.6) is 0 Å². The van der Waals surface area contributed by atoms with Crippen LogP contribution in [0.15, 0.2) is 101 Å². The third kappa shape index (κ3) is 4.33. The van der Waals surface area contributed by atoms with Gasteiger partial charge in [-0.05, 0) is 23.8 Å². The number of furan rings is 1. The number of hydrogen-bond acceptors (Lipinski definition) is 7. The zero-order valence-corrected chi connectivity index (χ0v) is 20.8. The second kappa shape index (κ2) is 9.95. The highest BCUT2D eigenvalue weighted by atomic mass is 32.2. The largest absolute Gasteiger partial charge is 0.461 e. The van der Waals surface area contributed by atoms with Crippen LogP contribution < -0.4 is 5.32 Å². The topological polar surface area (TPSA) is 107 Å². The molecule has 6 rings (SSSR count). The summed E-state index contributed by atoms with van der Waals surface area (Å²) in [6, 6.07) is 25.1. The van der Waals surface area contributed by atoms with Crippen LogP contribution in [0.1, 0.15) is 37.4 Å². The molecule has 5 aromatic rings. The van der Waals surface area contributed by atoms with E-state index in [2.05, 4.69) is 15.5 Å². The summed E-state index contributed by atoms with van der Waals surface area (Å²) in [4.78, 5) is 39.2.